The number of benzene rings is 1. The second-order valence-electron chi connectivity index (χ2n) is 5.90. The molecule has 4 nitrogen and oxygen atoms in total. The maximum Gasteiger partial charge on any atom is 0.281 e. The Kier molecular flexibility index (Phi) is 5.52. The van der Waals surface area contributed by atoms with Crippen LogP contribution in [0.15, 0.2) is 18.2 Å². The Morgan fingerprint density at radius 1 is 1.27 bits per heavy atom. The molecule has 0 aromatic heterocycles. The van der Waals surface area contributed by atoms with Gasteiger partial charge >= 0.3 is 0 Å². The number of rotatable bonds is 5. The maximum absolute atomic E-state index is 13.6. The van der Waals surface area contributed by atoms with Gasteiger partial charge in [0.2, 0.25) is 0 Å². The minimum absolute atomic E-state index is 0.0927. The van der Waals surface area contributed by atoms with Gasteiger partial charge in [-0.1, -0.05) is 6.07 Å². The van der Waals surface area contributed by atoms with Crippen molar-refractivity contribution in [2.24, 2.45) is 5.92 Å². The summed E-state index contributed by atoms with van der Waals surface area (Å²) in [6, 6.07) is 3.85. The van der Waals surface area contributed by atoms with Gasteiger partial charge in [0.1, 0.15) is 11.6 Å². The Hall–Kier alpha value is -1.05. The number of halogens is 2. The fraction of sp³-hybridized carbons (Fsp3) is 0.600. The predicted molar refractivity (Wildman–Crippen MR) is 81.6 cm³/mol. The van der Waals surface area contributed by atoms with E-state index in [4.69, 9.17) is 0 Å². The predicted octanol–water partition coefficient (Wildman–Crippen LogP) is 2.42. The molecule has 124 valence electrons. The standard InChI is InChI=1S/C15H22F2N2O2S/c1-18(2)22(20,21)19-10-4-5-12(11-19)8-9-13-14(16)6-3-7-15(13)17/h3,6-7,12H,4-5,8-11H2,1-2H3. The smallest absolute Gasteiger partial charge is 0.207 e. The summed E-state index contributed by atoms with van der Waals surface area (Å²) in [5, 5.41) is 0. The summed E-state index contributed by atoms with van der Waals surface area (Å²) in [7, 11) is -0.398. The van der Waals surface area contributed by atoms with Crippen LogP contribution in [0.1, 0.15) is 24.8 Å². The number of hydrogen-bond acceptors (Lipinski definition) is 2. The second-order valence-corrected chi connectivity index (χ2v) is 8.04. The van der Waals surface area contributed by atoms with E-state index in [1.165, 1.54) is 40.9 Å². The highest BCUT2D eigenvalue weighted by Gasteiger charge is 2.30. The van der Waals surface area contributed by atoms with Crippen molar-refractivity contribution in [1.29, 1.82) is 0 Å². The largest absolute Gasteiger partial charge is 0.281 e. The third-order valence-electron chi connectivity index (χ3n) is 4.13. The third-order valence-corrected chi connectivity index (χ3v) is 6.04. The molecule has 1 unspecified atom stereocenters. The molecule has 1 heterocycles. The number of hydrogen-bond donors (Lipinski definition) is 0. The zero-order chi connectivity index (χ0) is 16.3. The lowest BCUT2D eigenvalue weighted by Crippen LogP contribution is -2.45. The highest BCUT2D eigenvalue weighted by molar-refractivity contribution is 7.86. The molecule has 1 aliphatic rings. The van der Waals surface area contributed by atoms with Crippen LogP contribution < -0.4 is 0 Å². The molecule has 0 aliphatic carbocycles. The third kappa shape index (κ3) is 3.83. The molecule has 1 aromatic carbocycles. The fourth-order valence-electron chi connectivity index (χ4n) is 2.82. The topological polar surface area (TPSA) is 40.6 Å². The average molecular weight is 332 g/mol. The molecular weight excluding hydrogens is 310 g/mol. The van der Waals surface area contributed by atoms with Crippen molar-refractivity contribution in [3.05, 3.63) is 35.4 Å². The van der Waals surface area contributed by atoms with Crippen LogP contribution >= 0.6 is 0 Å². The first kappa shape index (κ1) is 17.3. The molecular formula is C15H22F2N2O2S. The fourth-order valence-corrected chi connectivity index (χ4v) is 4.04. The zero-order valence-corrected chi connectivity index (χ0v) is 13.7. The molecule has 0 bridgehead atoms. The summed E-state index contributed by atoms with van der Waals surface area (Å²) >= 11 is 0. The van der Waals surface area contributed by atoms with Crippen molar-refractivity contribution >= 4 is 10.2 Å². The minimum Gasteiger partial charge on any atom is -0.207 e. The summed E-state index contributed by atoms with van der Waals surface area (Å²) < 4.78 is 54.2. The molecule has 0 saturated carbocycles. The van der Waals surface area contributed by atoms with Crippen LogP contribution in [0.3, 0.4) is 0 Å². The Labute approximate surface area is 130 Å². The summed E-state index contributed by atoms with van der Waals surface area (Å²) in [6.07, 6.45) is 2.53. The first-order valence-electron chi connectivity index (χ1n) is 7.43. The van der Waals surface area contributed by atoms with Crippen LogP contribution in [-0.2, 0) is 16.6 Å². The van der Waals surface area contributed by atoms with Crippen LogP contribution in [0, 0.1) is 17.6 Å². The molecule has 1 atom stereocenters. The van der Waals surface area contributed by atoms with Gasteiger partial charge in [-0.3, -0.25) is 0 Å². The van der Waals surface area contributed by atoms with Crippen molar-refractivity contribution in [3.63, 3.8) is 0 Å². The molecule has 1 fully saturated rings. The molecule has 2 rings (SSSR count). The van der Waals surface area contributed by atoms with Crippen molar-refractivity contribution in [2.45, 2.75) is 25.7 Å². The van der Waals surface area contributed by atoms with E-state index in [9.17, 15) is 17.2 Å². The van der Waals surface area contributed by atoms with E-state index in [0.29, 0.717) is 25.9 Å². The van der Waals surface area contributed by atoms with E-state index in [0.717, 1.165) is 12.8 Å². The summed E-state index contributed by atoms with van der Waals surface area (Å²) in [5.74, 6) is -0.940. The molecule has 1 aromatic rings. The lowest BCUT2D eigenvalue weighted by molar-refractivity contribution is 0.245. The van der Waals surface area contributed by atoms with Gasteiger partial charge in [-0.25, -0.2) is 8.78 Å². The summed E-state index contributed by atoms with van der Waals surface area (Å²) in [4.78, 5) is 0. The van der Waals surface area contributed by atoms with Crippen molar-refractivity contribution < 1.29 is 17.2 Å². The van der Waals surface area contributed by atoms with E-state index < -0.39 is 21.8 Å². The van der Waals surface area contributed by atoms with Gasteiger partial charge in [0.05, 0.1) is 0 Å². The van der Waals surface area contributed by atoms with Gasteiger partial charge in [-0.2, -0.15) is 17.0 Å². The van der Waals surface area contributed by atoms with Crippen LogP contribution in [0.25, 0.3) is 0 Å². The lowest BCUT2D eigenvalue weighted by atomic mass is 9.92. The van der Waals surface area contributed by atoms with Gasteiger partial charge in [0.15, 0.2) is 0 Å². The Bertz CT molecular complexity index is 600. The first-order chi connectivity index (χ1) is 10.3. The Balaban J connectivity index is 2.00. The van der Waals surface area contributed by atoms with Crippen molar-refractivity contribution in [2.75, 3.05) is 27.2 Å². The monoisotopic (exact) mass is 332 g/mol. The Morgan fingerprint density at radius 3 is 2.50 bits per heavy atom. The van der Waals surface area contributed by atoms with Gasteiger partial charge in [-0.05, 0) is 43.7 Å². The quantitative estimate of drug-likeness (QED) is 0.831. The average Bonchev–Trinajstić information content (AvgIpc) is 2.47. The van der Waals surface area contributed by atoms with E-state index in [1.807, 2.05) is 0 Å². The highest BCUT2D eigenvalue weighted by Crippen LogP contribution is 2.25. The molecule has 0 radical (unpaired) electrons. The second kappa shape index (κ2) is 7.02. The van der Waals surface area contributed by atoms with Crippen molar-refractivity contribution in [3.8, 4) is 0 Å². The van der Waals surface area contributed by atoms with E-state index in [2.05, 4.69) is 0 Å². The SMILES string of the molecule is CN(C)S(=O)(=O)N1CCCC(CCc2c(F)cccc2F)C1. The van der Waals surface area contributed by atoms with Crippen LogP contribution in [0.5, 0.6) is 0 Å². The normalized spacial score (nSPS) is 20.5. The Morgan fingerprint density at radius 2 is 1.91 bits per heavy atom. The number of nitrogens with zero attached hydrogens (tertiary/aromatic N) is 2. The number of piperidine rings is 1. The first-order valence-corrected chi connectivity index (χ1v) is 8.82. The lowest BCUT2D eigenvalue weighted by Gasteiger charge is -2.33. The summed E-state index contributed by atoms with van der Waals surface area (Å²) in [6.45, 7) is 0.918. The van der Waals surface area contributed by atoms with E-state index >= 15 is 0 Å². The zero-order valence-electron chi connectivity index (χ0n) is 12.9. The molecule has 1 saturated heterocycles. The van der Waals surface area contributed by atoms with Gasteiger partial charge in [-0.15, -0.1) is 0 Å². The van der Waals surface area contributed by atoms with Crippen LogP contribution in [0.4, 0.5) is 8.78 Å². The van der Waals surface area contributed by atoms with Gasteiger partial charge < -0.3 is 0 Å². The molecule has 7 heteroatoms. The van der Waals surface area contributed by atoms with Crippen LogP contribution in [-0.4, -0.2) is 44.2 Å². The molecule has 0 N–H and O–H groups in total. The molecule has 1 aliphatic heterocycles. The maximum atomic E-state index is 13.6. The van der Waals surface area contributed by atoms with Crippen LogP contribution in [0.2, 0.25) is 0 Å². The van der Waals surface area contributed by atoms with E-state index in [-0.39, 0.29) is 11.5 Å². The molecule has 22 heavy (non-hydrogen) atoms. The van der Waals surface area contributed by atoms with Gasteiger partial charge in [0.25, 0.3) is 10.2 Å². The summed E-state index contributed by atoms with van der Waals surface area (Å²) in [5.41, 5.74) is 0.0927. The molecule has 0 amide bonds. The highest BCUT2D eigenvalue weighted by atomic mass is 32.2. The van der Waals surface area contributed by atoms with Crippen molar-refractivity contribution in [1.82, 2.24) is 8.61 Å². The minimum atomic E-state index is -3.41. The van der Waals surface area contributed by atoms with E-state index in [1.54, 1.807) is 0 Å². The van der Waals surface area contributed by atoms with Gasteiger partial charge in [0, 0.05) is 32.7 Å². The molecule has 0 spiro atoms.